The van der Waals surface area contributed by atoms with Crippen molar-refractivity contribution in [3.63, 3.8) is 0 Å². The SMILES string of the molecule is Cc1cc(S(=O)(=O)Nc2ccn(Cc3ccncc3)n2)ccc1Br. The molecule has 0 saturated heterocycles. The predicted molar refractivity (Wildman–Crippen MR) is 95.3 cm³/mol. The normalized spacial score (nSPS) is 11.4. The first-order chi connectivity index (χ1) is 11.4. The summed E-state index contributed by atoms with van der Waals surface area (Å²) in [7, 11) is -3.67. The van der Waals surface area contributed by atoms with Gasteiger partial charge in [-0.15, -0.1) is 0 Å². The molecular formula is C16H15BrN4O2S. The Morgan fingerprint density at radius 3 is 2.62 bits per heavy atom. The average molecular weight is 407 g/mol. The van der Waals surface area contributed by atoms with Gasteiger partial charge >= 0.3 is 0 Å². The summed E-state index contributed by atoms with van der Waals surface area (Å²) in [6.45, 7) is 2.38. The van der Waals surface area contributed by atoms with Gasteiger partial charge in [-0.05, 0) is 48.4 Å². The maximum atomic E-state index is 12.4. The first-order valence-electron chi connectivity index (χ1n) is 7.15. The van der Waals surface area contributed by atoms with Crippen molar-refractivity contribution in [2.45, 2.75) is 18.4 Å². The van der Waals surface area contributed by atoms with E-state index in [1.807, 2.05) is 19.1 Å². The smallest absolute Gasteiger partial charge is 0.263 e. The second kappa shape index (κ2) is 6.74. The Hall–Kier alpha value is -2.19. The summed E-state index contributed by atoms with van der Waals surface area (Å²) in [5.41, 5.74) is 1.88. The zero-order chi connectivity index (χ0) is 17.2. The van der Waals surface area contributed by atoms with Gasteiger partial charge in [0, 0.05) is 29.1 Å². The number of aromatic nitrogens is 3. The number of aryl methyl sites for hydroxylation is 1. The van der Waals surface area contributed by atoms with Crippen molar-refractivity contribution in [1.29, 1.82) is 0 Å². The van der Waals surface area contributed by atoms with Gasteiger partial charge in [0.1, 0.15) is 0 Å². The minimum atomic E-state index is -3.67. The summed E-state index contributed by atoms with van der Waals surface area (Å²) in [4.78, 5) is 4.16. The van der Waals surface area contributed by atoms with Gasteiger partial charge in [0.05, 0.1) is 11.4 Å². The van der Waals surface area contributed by atoms with Crippen LogP contribution in [0, 0.1) is 6.92 Å². The molecule has 0 aliphatic carbocycles. The largest absolute Gasteiger partial charge is 0.266 e. The molecule has 1 aromatic carbocycles. The topological polar surface area (TPSA) is 76.9 Å². The summed E-state index contributed by atoms with van der Waals surface area (Å²) in [6.07, 6.45) is 5.14. The molecule has 0 unspecified atom stereocenters. The fraction of sp³-hybridized carbons (Fsp3) is 0.125. The maximum absolute atomic E-state index is 12.4. The number of pyridine rings is 1. The zero-order valence-electron chi connectivity index (χ0n) is 12.8. The lowest BCUT2D eigenvalue weighted by molar-refractivity contribution is 0.600. The molecule has 0 bridgehead atoms. The van der Waals surface area contributed by atoms with Gasteiger partial charge in [-0.3, -0.25) is 14.4 Å². The molecule has 0 saturated carbocycles. The van der Waals surface area contributed by atoms with Crippen molar-refractivity contribution in [2.24, 2.45) is 0 Å². The quantitative estimate of drug-likeness (QED) is 0.705. The number of sulfonamides is 1. The minimum Gasteiger partial charge on any atom is -0.266 e. The Bertz CT molecular complexity index is 955. The van der Waals surface area contributed by atoms with Gasteiger partial charge in [0.25, 0.3) is 10.0 Å². The molecule has 3 rings (SSSR count). The highest BCUT2D eigenvalue weighted by molar-refractivity contribution is 9.10. The number of hydrogen-bond acceptors (Lipinski definition) is 4. The highest BCUT2D eigenvalue weighted by Crippen LogP contribution is 2.21. The summed E-state index contributed by atoms with van der Waals surface area (Å²) >= 11 is 3.36. The third-order valence-electron chi connectivity index (χ3n) is 3.41. The second-order valence-corrected chi connectivity index (χ2v) is 7.81. The average Bonchev–Trinajstić information content (AvgIpc) is 2.97. The van der Waals surface area contributed by atoms with Crippen LogP contribution in [0.25, 0.3) is 0 Å². The molecule has 0 amide bonds. The lowest BCUT2D eigenvalue weighted by Gasteiger charge is -2.07. The Labute approximate surface area is 148 Å². The zero-order valence-corrected chi connectivity index (χ0v) is 15.3. The van der Waals surface area contributed by atoms with E-state index in [1.54, 1.807) is 47.5 Å². The molecule has 0 fully saturated rings. The first-order valence-corrected chi connectivity index (χ1v) is 9.43. The van der Waals surface area contributed by atoms with E-state index in [0.717, 1.165) is 15.6 Å². The maximum Gasteiger partial charge on any atom is 0.263 e. The Morgan fingerprint density at radius 1 is 1.17 bits per heavy atom. The number of nitrogens with one attached hydrogen (secondary N) is 1. The van der Waals surface area contributed by atoms with Gasteiger partial charge in [-0.1, -0.05) is 15.9 Å². The second-order valence-electron chi connectivity index (χ2n) is 5.27. The molecule has 0 radical (unpaired) electrons. The number of halogens is 1. The van der Waals surface area contributed by atoms with Crippen molar-refractivity contribution in [3.05, 3.63) is 70.6 Å². The van der Waals surface area contributed by atoms with Crippen LogP contribution < -0.4 is 4.72 Å². The summed E-state index contributed by atoms with van der Waals surface area (Å²) in [6, 6.07) is 10.3. The van der Waals surface area contributed by atoms with Crippen LogP contribution in [0.1, 0.15) is 11.1 Å². The number of benzene rings is 1. The Morgan fingerprint density at radius 2 is 1.92 bits per heavy atom. The molecule has 2 aromatic heterocycles. The van der Waals surface area contributed by atoms with E-state index >= 15 is 0 Å². The highest BCUT2D eigenvalue weighted by Gasteiger charge is 2.16. The lowest BCUT2D eigenvalue weighted by Crippen LogP contribution is -2.14. The molecule has 1 N–H and O–H groups in total. The molecule has 0 spiro atoms. The van der Waals surface area contributed by atoms with Gasteiger partial charge in [0.15, 0.2) is 5.82 Å². The molecule has 6 nitrogen and oxygen atoms in total. The third-order valence-corrected chi connectivity index (χ3v) is 5.66. The molecule has 124 valence electrons. The molecule has 0 aliphatic rings. The molecule has 8 heteroatoms. The van der Waals surface area contributed by atoms with E-state index in [2.05, 4.69) is 30.7 Å². The van der Waals surface area contributed by atoms with E-state index in [1.165, 1.54) is 0 Å². The van der Waals surface area contributed by atoms with Gasteiger partial charge in [-0.2, -0.15) is 5.10 Å². The summed E-state index contributed by atoms with van der Waals surface area (Å²) < 4.78 is 29.9. The molecular weight excluding hydrogens is 392 g/mol. The Balaban J connectivity index is 1.77. The van der Waals surface area contributed by atoms with Crippen molar-refractivity contribution in [2.75, 3.05) is 4.72 Å². The fourth-order valence-electron chi connectivity index (χ4n) is 2.16. The number of hydrogen-bond donors (Lipinski definition) is 1. The van der Waals surface area contributed by atoms with Crippen LogP contribution in [0.4, 0.5) is 5.82 Å². The van der Waals surface area contributed by atoms with Crippen LogP contribution >= 0.6 is 15.9 Å². The van der Waals surface area contributed by atoms with E-state index in [9.17, 15) is 8.42 Å². The number of rotatable bonds is 5. The molecule has 0 aliphatic heterocycles. The first kappa shape index (κ1) is 16.7. The molecule has 24 heavy (non-hydrogen) atoms. The minimum absolute atomic E-state index is 0.201. The van der Waals surface area contributed by atoms with Crippen LogP contribution in [0.15, 0.2) is 64.4 Å². The molecule has 3 aromatic rings. The van der Waals surface area contributed by atoms with Crippen LogP contribution in [0.2, 0.25) is 0 Å². The standard InChI is InChI=1S/C16H15BrN4O2S/c1-12-10-14(2-3-15(12)17)24(22,23)20-16-6-9-21(19-16)11-13-4-7-18-8-5-13/h2-10H,11H2,1H3,(H,19,20). The lowest BCUT2D eigenvalue weighted by atomic mass is 10.2. The predicted octanol–water partition coefficient (Wildman–Crippen LogP) is 3.20. The van der Waals surface area contributed by atoms with Gasteiger partial charge in [-0.25, -0.2) is 8.42 Å². The van der Waals surface area contributed by atoms with Gasteiger partial charge < -0.3 is 0 Å². The van der Waals surface area contributed by atoms with E-state index in [-0.39, 0.29) is 10.7 Å². The van der Waals surface area contributed by atoms with Crippen molar-refractivity contribution >= 4 is 31.8 Å². The summed E-state index contributed by atoms with van der Waals surface area (Å²) in [5.74, 6) is 0.282. The van der Waals surface area contributed by atoms with E-state index in [0.29, 0.717) is 6.54 Å². The van der Waals surface area contributed by atoms with Gasteiger partial charge in [0.2, 0.25) is 0 Å². The molecule has 2 heterocycles. The number of nitrogens with zero attached hydrogens (tertiary/aromatic N) is 3. The number of anilines is 1. The monoisotopic (exact) mass is 406 g/mol. The highest BCUT2D eigenvalue weighted by atomic mass is 79.9. The fourth-order valence-corrected chi connectivity index (χ4v) is 3.49. The van der Waals surface area contributed by atoms with Crippen LogP contribution in [0.3, 0.4) is 0 Å². The van der Waals surface area contributed by atoms with Crippen molar-refractivity contribution in [1.82, 2.24) is 14.8 Å². The summed E-state index contributed by atoms with van der Waals surface area (Å²) in [5, 5.41) is 4.25. The Kier molecular flexibility index (Phi) is 4.68. The van der Waals surface area contributed by atoms with E-state index < -0.39 is 10.0 Å². The van der Waals surface area contributed by atoms with Crippen LogP contribution in [0.5, 0.6) is 0 Å². The molecule has 0 atom stereocenters. The van der Waals surface area contributed by atoms with Crippen LogP contribution in [-0.4, -0.2) is 23.2 Å². The van der Waals surface area contributed by atoms with Crippen molar-refractivity contribution in [3.8, 4) is 0 Å². The van der Waals surface area contributed by atoms with E-state index in [4.69, 9.17) is 0 Å². The van der Waals surface area contributed by atoms with Crippen LogP contribution in [-0.2, 0) is 16.6 Å². The van der Waals surface area contributed by atoms with Crippen molar-refractivity contribution < 1.29 is 8.42 Å². The third kappa shape index (κ3) is 3.82.